The smallest absolute Gasteiger partial charge is 0.220 e. The van der Waals surface area contributed by atoms with Gasteiger partial charge in [0.2, 0.25) is 5.91 Å². The fourth-order valence-corrected chi connectivity index (χ4v) is 2.54. The van der Waals surface area contributed by atoms with Crippen molar-refractivity contribution in [1.29, 1.82) is 0 Å². The summed E-state index contributed by atoms with van der Waals surface area (Å²) in [4.78, 5) is 12.9. The van der Waals surface area contributed by atoms with Gasteiger partial charge in [0, 0.05) is 43.8 Å². The van der Waals surface area contributed by atoms with Gasteiger partial charge in [-0.2, -0.15) is 0 Å². The number of carbonyl (C=O) groups excluding carboxylic acids is 1. The Hall–Kier alpha value is -1.04. The van der Waals surface area contributed by atoms with Crippen molar-refractivity contribution in [3.63, 3.8) is 0 Å². The van der Waals surface area contributed by atoms with Crippen molar-refractivity contribution in [2.24, 2.45) is 0 Å². The van der Waals surface area contributed by atoms with Crippen LogP contribution in [-0.2, 0) is 9.53 Å². The first kappa shape index (κ1) is 18.0. The molecule has 0 bridgehead atoms. The molecule has 0 aliphatic rings. The standard InChI is InChI=1S/C16H25NO3S/c1-13-4-6-14(7-5-13)21-11-8-15(18)17-12-16(2,19)9-10-20-3/h4-7,19H,8-12H2,1-3H3,(H,17,18). The second kappa shape index (κ2) is 9.07. The third-order valence-corrected chi connectivity index (χ3v) is 4.14. The summed E-state index contributed by atoms with van der Waals surface area (Å²) < 4.78 is 4.93. The number of aryl methyl sites for hydroxylation is 1. The number of hydrogen-bond donors (Lipinski definition) is 2. The number of aliphatic hydroxyl groups is 1. The first-order valence-corrected chi connectivity index (χ1v) is 8.09. The van der Waals surface area contributed by atoms with Crippen molar-refractivity contribution in [3.05, 3.63) is 29.8 Å². The van der Waals surface area contributed by atoms with Crippen LogP contribution in [0.1, 0.15) is 25.3 Å². The van der Waals surface area contributed by atoms with E-state index in [0.717, 1.165) is 5.75 Å². The fraction of sp³-hybridized carbons (Fsp3) is 0.562. The van der Waals surface area contributed by atoms with E-state index in [0.29, 0.717) is 19.4 Å². The van der Waals surface area contributed by atoms with E-state index < -0.39 is 5.60 Å². The van der Waals surface area contributed by atoms with Gasteiger partial charge in [0.05, 0.1) is 5.60 Å². The Morgan fingerprint density at radius 1 is 1.38 bits per heavy atom. The number of hydrogen-bond acceptors (Lipinski definition) is 4. The van der Waals surface area contributed by atoms with E-state index in [2.05, 4.69) is 36.5 Å². The minimum Gasteiger partial charge on any atom is -0.388 e. The molecular weight excluding hydrogens is 286 g/mol. The number of nitrogens with one attached hydrogen (secondary N) is 1. The summed E-state index contributed by atoms with van der Waals surface area (Å²) in [6.45, 7) is 4.49. The Kier molecular flexibility index (Phi) is 7.78. The summed E-state index contributed by atoms with van der Waals surface area (Å²) >= 11 is 1.66. The fourth-order valence-electron chi connectivity index (χ4n) is 1.68. The Labute approximate surface area is 131 Å². The van der Waals surface area contributed by atoms with Crippen LogP contribution in [0.2, 0.25) is 0 Å². The molecule has 4 nitrogen and oxygen atoms in total. The molecule has 0 heterocycles. The molecule has 0 aliphatic carbocycles. The van der Waals surface area contributed by atoms with Crippen molar-refractivity contribution in [1.82, 2.24) is 5.32 Å². The maximum atomic E-state index is 11.7. The molecule has 1 unspecified atom stereocenters. The molecule has 1 aromatic rings. The molecule has 0 saturated heterocycles. The van der Waals surface area contributed by atoms with Crippen molar-refractivity contribution in [2.75, 3.05) is 26.0 Å². The number of carbonyl (C=O) groups is 1. The molecule has 0 spiro atoms. The number of amides is 1. The van der Waals surface area contributed by atoms with Gasteiger partial charge in [0.25, 0.3) is 0 Å². The summed E-state index contributed by atoms with van der Waals surface area (Å²) in [6.07, 6.45) is 0.945. The van der Waals surface area contributed by atoms with E-state index in [1.54, 1.807) is 25.8 Å². The van der Waals surface area contributed by atoms with Gasteiger partial charge in [0.15, 0.2) is 0 Å². The third kappa shape index (κ3) is 8.09. The predicted molar refractivity (Wildman–Crippen MR) is 86.6 cm³/mol. The van der Waals surface area contributed by atoms with Crippen LogP contribution >= 0.6 is 11.8 Å². The second-order valence-corrected chi connectivity index (χ2v) is 6.60. The highest BCUT2D eigenvalue weighted by molar-refractivity contribution is 7.99. The zero-order valence-corrected chi connectivity index (χ0v) is 13.8. The average molecular weight is 311 g/mol. The van der Waals surface area contributed by atoms with Crippen molar-refractivity contribution in [3.8, 4) is 0 Å². The van der Waals surface area contributed by atoms with E-state index in [-0.39, 0.29) is 12.5 Å². The van der Waals surface area contributed by atoms with Gasteiger partial charge in [-0.15, -0.1) is 11.8 Å². The van der Waals surface area contributed by atoms with Crippen LogP contribution in [0.5, 0.6) is 0 Å². The van der Waals surface area contributed by atoms with Gasteiger partial charge in [-0.1, -0.05) is 17.7 Å². The molecule has 2 N–H and O–H groups in total. The van der Waals surface area contributed by atoms with Gasteiger partial charge in [0.1, 0.15) is 0 Å². The zero-order chi connectivity index (χ0) is 15.7. The van der Waals surface area contributed by atoms with Crippen LogP contribution < -0.4 is 5.32 Å². The molecule has 0 aromatic heterocycles. The minimum absolute atomic E-state index is 0.0349. The van der Waals surface area contributed by atoms with E-state index in [1.165, 1.54) is 10.5 Å². The number of thioether (sulfide) groups is 1. The molecule has 0 radical (unpaired) electrons. The van der Waals surface area contributed by atoms with Gasteiger partial charge >= 0.3 is 0 Å². The lowest BCUT2D eigenvalue weighted by molar-refractivity contribution is -0.122. The lowest BCUT2D eigenvalue weighted by Gasteiger charge is -2.23. The number of benzene rings is 1. The molecule has 21 heavy (non-hydrogen) atoms. The number of methoxy groups -OCH3 is 1. The highest BCUT2D eigenvalue weighted by Crippen LogP contribution is 2.19. The quantitative estimate of drug-likeness (QED) is 0.688. The summed E-state index contributed by atoms with van der Waals surface area (Å²) in [6, 6.07) is 8.26. The first-order valence-electron chi connectivity index (χ1n) is 7.10. The number of ether oxygens (including phenoxy) is 1. The average Bonchev–Trinajstić information content (AvgIpc) is 2.45. The van der Waals surface area contributed by atoms with E-state index in [1.807, 2.05) is 0 Å². The van der Waals surface area contributed by atoms with Crippen LogP contribution in [0.4, 0.5) is 0 Å². The molecule has 0 saturated carbocycles. The highest BCUT2D eigenvalue weighted by atomic mass is 32.2. The second-order valence-electron chi connectivity index (χ2n) is 5.43. The Balaban J connectivity index is 2.20. The molecule has 5 heteroatoms. The van der Waals surface area contributed by atoms with Crippen LogP contribution in [0.15, 0.2) is 29.2 Å². The summed E-state index contributed by atoms with van der Waals surface area (Å²) in [5.41, 5.74) is 0.311. The van der Waals surface area contributed by atoms with Crippen molar-refractivity contribution in [2.45, 2.75) is 37.2 Å². The molecule has 1 aromatic carbocycles. The van der Waals surface area contributed by atoms with Gasteiger partial charge < -0.3 is 15.2 Å². The zero-order valence-electron chi connectivity index (χ0n) is 13.0. The van der Waals surface area contributed by atoms with Crippen molar-refractivity contribution < 1.29 is 14.6 Å². The number of rotatable bonds is 9. The normalized spacial score (nSPS) is 13.7. The monoisotopic (exact) mass is 311 g/mol. The largest absolute Gasteiger partial charge is 0.388 e. The van der Waals surface area contributed by atoms with Gasteiger partial charge in [-0.05, 0) is 26.0 Å². The van der Waals surface area contributed by atoms with Crippen LogP contribution in [0, 0.1) is 6.92 Å². The lowest BCUT2D eigenvalue weighted by atomic mass is 10.0. The van der Waals surface area contributed by atoms with E-state index in [4.69, 9.17) is 4.74 Å². The Morgan fingerprint density at radius 3 is 2.67 bits per heavy atom. The maximum Gasteiger partial charge on any atom is 0.220 e. The molecule has 1 atom stereocenters. The SMILES string of the molecule is COCCC(C)(O)CNC(=O)CCSc1ccc(C)cc1. The first-order chi connectivity index (χ1) is 9.93. The molecule has 0 aliphatic heterocycles. The van der Waals surface area contributed by atoms with Crippen LogP contribution in [0.3, 0.4) is 0 Å². The summed E-state index contributed by atoms with van der Waals surface area (Å²) in [7, 11) is 1.59. The minimum atomic E-state index is -0.921. The Bertz CT molecular complexity index is 432. The van der Waals surface area contributed by atoms with E-state index in [9.17, 15) is 9.90 Å². The van der Waals surface area contributed by atoms with Gasteiger partial charge in [-0.25, -0.2) is 0 Å². The van der Waals surface area contributed by atoms with E-state index >= 15 is 0 Å². The predicted octanol–water partition coefficient (Wildman–Crippen LogP) is 2.38. The van der Waals surface area contributed by atoms with Crippen molar-refractivity contribution >= 4 is 17.7 Å². The molecule has 1 rings (SSSR count). The molecule has 0 fully saturated rings. The third-order valence-electron chi connectivity index (χ3n) is 3.13. The van der Waals surface area contributed by atoms with Gasteiger partial charge in [-0.3, -0.25) is 4.79 Å². The summed E-state index contributed by atoms with van der Waals surface area (Å²) in [5.74, 6) is 0.696. The van der Waals surface area contributed by atoms with Crippen LogP contribution in [-0.4, -0.2) is 42.6 Å². The summed E-state index contributed by atoms with van der Waals surface area (Å²) in [5, 5.41) is 12.8. The van der Waals surface area contributed by atoms with Crippen LogP contribution in [0.25, 0.3) is 0 Å². The molecule has 1 amide bonds. The highest BCUT2D eigenvalue weighted by Gasteiger charge is 2.20. The topological polar surface area (TPSA) is 58.6 Å². The maximum absolute atomic E-state index is 11.7. The molecule has 118 valence electrons. The molecular formula is C16H25NO3S. The lowest BCUT2D eigenvalue weighted by Crippen LogP contribution is -2.41. The Morgan fingerprint density at radius 2 is 2.05 bits per heavy atom.